The first-order chi connectivity index (χ1) is 8.79. The van der Waals surface area contributed by atoms with Crippen molar-refractivity contribution in [1.29, 1.82) is 0 Å². The zero-order chi connectivity index (χ0) is 12.5. The molecule has 1 amide bonds. The Labute approximate surface area is 106 Å². The number of nitrogens with zero attached hydrogens (tertiary/aromatic N) is 2. The van der Waals surface area contributed by atoms with E-state index in [1.54, 1.807) is 0 Å². The van der Waals surface area contributed by atoms with Crippen molar-refractivity contribution < 1.29 is 4.79 Å². The number of H-pyrrole nitrogens is 1. The van der Waals surface area contributed by atoms with Crippen LogP contribution in [0.25, 0.3) is 10.9 Å². The lowest BCUT2D eigenvalue weighted by molar-refractivity contribution is 0.0783. The maximum atomic E-state index is 12.4. The zero-order valence-electron chi connectivity index (χ0n) is 10.5. The lowest BCUT2D eigenvalue weighted by Crippen LogP contribution is -2.29. The van der Waals surface area contributed by atoms with Crippen molar-refractivity contribution in [3.8, 4) is 0 Å². The molecule has 2 aromatic rings. The summed E-state index contributed by atoms with van der Waals surface area (Å²) in [4.78, 5) is 14.4. The van der Waals surface area contributed by atoms with E-state index in [4.69, 9.17) is 0 Å². The van der Waals surface area contributed by atoms with Crippen LogP contribution in [0.4, 0.5) is 0 Å². The summed E-state index contributed by atoms with van der Waals surface area (Å²) in [5, 5.41) is 8.01. The summed E-state index contributed by atoms with van der Waals surface area (Å²) in [6.07, 6.45) is 2.26. The van der Waals surface area contributed by atoms with Gasteiger partial charge in [-0.2, -0.15) is 5.10 Å². The van der Waals surface area contributed by atoms with E-state index in [0.717, 1.165) is 36.8 Å². The van der Waals surface area contributed by atoms with Crippen LogP contribution in [-0.2, 0) is 0 Å². The Bertz CT molecular complexity index is 575. The summed E-state index contributed by atoms with van der Waals surface area (Å²) in [6.45, 7) is 3.91. The monoisotopic (exact) mass is 243 g/mol. The highest BCUT2D eigenvalue weighted by Gasteiger charge is 2.27. The zero-order valence-corrected chi connectivity index (χ0v) is 10.5. The number of likely N-dealkylation sites (tertiary alicyclic amines) is 1. The van der Waals surface area contributed by atoms with Crippen molar-refractivity contribution in [2.45, 2.75) is 19.8 Å². The summed E-state index contributed by atoms with van der Waals surface area (Å²) < 4.78 is 0. The van der Waals surface area contributed by atoms with E-state index in [1.165, 1.54) is 0 Å². The first kappa shape index (κ1) is 11.3. The van der Waals surface area contributed by atoms with Crippen molar-refractivity contribution in [1.82, 2.24) is 15.1 Å². The minimum atomic E-state index is 0.0587. The highest BCUT2D eigenvalue weighted by atomic mass is 16.2. The number of hydrogen-bond acceptors (Lipinski definition) is 2. The van der Waals surface area contributed by atoms with Crippen LogP contribution in [0.2, 0.25) is 0 Å². The number of carbonyl (C=O) groups is 1. The van der Waals surface area contributed by atoms with Crippen LogP contribution in [0.5, 0.6) is 0 Å². The molecule has 0 bridgehead atoms. The van der Waals surface area contributed by atoms with Crippen LogP contribution in [0.15, 0.2) is 24.3 Å². The van der Waals surface area contributed by atoms with E-state index >= 15 is 0 Å². The lowest BCUT2D eigenvalue weighted by atomic mass is 10.1. The molecule has 1 atom stereocenters. The molecule has 1 aliphatic heterocycles. The molecule has 0 spiro atoms. The smallest absolute Gasteiger partial charge is 0.275 e. The van der Waals surface area contributed by atoms with Crippen LogP contribution in [0.1, 0.15) is 30.3 Å². The maximum Gasteiger partial charge on any atom is 0.275 e. The quantitative estimate of drug-likeness (QED) is 0.880. The molecule has 18 heavy (non-hydrogen) atoms. The molecule has 4 heteroatoms. The Morgan fingerprint density at radius 1 is 1.50 bits per heavy atom. The van der Waals surface area contributed by atoms with E-state index in [-0.39, 0.29) is 5.91 Å². The summed E-state index contributed by atoms with van der Waals surface area (Å²) in [6, 6.07) is 7.77. The number of aromatic nitrogens is 2. The van der Waals surface area contributed by atoms with Gasteiger partial charge in [0.25, 0.3) is 5.91 Å². The summed E-state index contributed by atoms with van der Waals surface area (Å²) in [5.41, 5.74) is 1.48. The van der Waals surface area contributed by atoms with Crippen molar-refractivity contribution in [2.24, 2.45) is 5.92 Å². The van der Waals surface area contributed by atoms with E-state index in [0.29, 0.717) is 11.6 Å². The molecule has 2 heterocycles. The van der Waals surface area contributed by atoms with E-state index < -0.39 is 0 Å². The minimum Gasteiger partial charge on any atom is -0.337 e. The Morgan fingerprint density at radius 3 is 3.11 bits per heavy atom. The molecule has 1 aromatic carbocycles. The number of carbonyl (C=O) groups excluding carboxylic acids is 1. The van der Waals surface area contributed by atoms with E-state index in [9.17, 15) is 4.79 Å². The van der Waals surface area contributed by atoms with Crippen LogP contribution in [0, 0.1) is 5.92 Å². The second kappa shape index (κ2) is 4.44. The number of aromatic amines is 1. The Kier molecular flexibility index (Phi) is 2.78. The van der Waals surface area contributed by atoms with Gasteiger partial charge in [0.2, 0.25) is 0 Å². The Hall–Kier alpha value is -1.84. The molecule has 0 saturated carbocycles. The van der Waals surface area contributed by atoms with Crippen LogP contribution < -0.4 is 0 Å². The Balaban J connectivity index is 1.89. The Morgan fingerprint density at radius 2 is 2.33 bits per heavy atom. The molecular weight excluding hydrogens is 226 g/mol. The van der Waals surface area contributed by atoms with Crippen molar-refractivity contribution >= 4 is 16.8 Å². The fourth-order valence-corrected chi connectivity index (χ4v) is 2.63. The fraction of sp³-hybridized carbons (Fsp3) is 0.429. The lowest BCUT2D eigenvalue weighted by Gasteiger charge is -2.14. The van der Waals surface area contributed by atoms with Crippen LogP contribution in [0.3, 0.4) is 0 Å². The van der Waals surface area contributed by atoms with Gasteiger partial charge in [-0.05, 0) is 18.4 Å². The molecule has 0 radical (unpaired) electrons. The topological polar surface area (TPSA) is 49.0 Å². The SMILES string of the molecule is CCC1CCN(C(=O)c2n[nH]c3ccccc23)C1. The minimum absolute atomic E-state index is 0.0587. The predicted molar refractivity (Wildman–Crippen MR) is 70.4 cm³/mol. The van der Waals surface area contributed by atoms with Gasteiger partial charge in [-0.1, -0.05) is 31.5 Å². The number of amides is 1. The van der Waals surface area contributed by atoms with E-state index in [2.05, 4.69) is 17.1 Å². The number of nitrogens with one attached hydrogen (secondary N) is 1. The number of fused-ring (bicyclic) bond motifs is 1. The first-order valence-corrected chi connectivity index (χ1v) is 6.52. The molecule has 1 fully saturated rings. The van der Waals surface area contributed by atoms with Gasteiger partial charge in [0.15, 0.2) is 5.69 Å². The number of benzene rings is 1. The molecule has 1 aromatic heterocycles. The molecule has 94 valence electrons. The van der Waals surface area contributed by atoms with E-state index in [1.807, 2.05) is 29.2 Å². The third-order valence-electron chi connectivity index (χ3n) is 3.82. The van der Waals surface area contributed by atoms with Crippen molar-refractivity contribution in [3.63, 3.8) is 0 Å². The highest BCUT2D eigenvalue weighted by molar-refractivity contribution is 6.04. The normalized spacial score (nSPS) is 19.6. The van der Waals surface area contributed by atoms with Gasteiger partial charge in [-0.15, -0.1) is 0 Å². The molecule has 3 rings (SSSR count). The standard InChI is InChI=1S/C14H17N3O/c1-2-10-7-8-17(9-10)14(18)13-11-5-3-4-6-12(11)15-16-13/h3-6,10H,2,7-9H2,1H3,(H,15,16). The molecule has 1 saturated heterocycles. The third-order valence-corrected chi connectivity index (χ3v) is 3.82. The van der Waals surface area contributed by atoms with Gasteiger partial charge in [0, 0.05) is 18.5 Å². The average Bonchev–Trinajstić information content (AvgIpc) is 3.04. The van der Waals surface area contributed by atoms with Gasteiger partial charge in [0.05, 0.1) is 5.52 Å². The molecule has 1 unspecified atom stereocenters. The second-order valence-corrected chi connectivity index (χ2v) is 4.93. The van der Waals surface area contributed by atoms with Gasteiger partial charge in [-0.3, -0.25) is 9.89 Å². The maximum absolute atomic E-state index is 12.4. The van der Waals surface area contributed by atoms with Crippen molar-refractivity contribution in [2.75, 3.05) is 13.1 Å². The molecule has 1 aliphatic rings. The first-order valence-electron chi connectivity index (χ1n) is 6.52. The van der Waals surface area contributed by atoms with Gasteiger partial charge in [0.1, 0.15) is 0 Å². The third kappa shape index (κ3) is 1.78. The highest BCUT2D eigenvalue weighted by Crippen LogP contribution is 2.23. The summed E-state index contributed by atoms with van der Waals surface area (Å²) in [7, 11) is 0. The fourth-order valence-electron chi connectivity index (χ4n) is 2.63. The largest absolute Gasteiger partial charge is 0.337 e. The van der Waals surface area contributed by atoms with Gasteiger partial charge >= 0.3 is 0 Å². The molecule has 1 N–H and O–H groups in total. The average molecular weight is 243 g/mol. The number of rotatable bonds is 2. The summed E-state index contributed by atoms with van der Waals surface area (Å²) in [5.74, 6) is 0.711. The molecular formula is C14H17N3O. The van der Waals surface area contributed by atoms with Crippen LogP contribution in [-0.4, -0.2) is 34.1 Å². The molecule has 0 aliphatic carbocycles. The van der Waals surface area contributed by atoms with Gasteiger partial charge in [-0.25, -0.2) is 0 Å². The number of para-hydroxylation sites is 1. The summed E-state index contributed by atoms with van der Waals surface area (Å²) >= 11 is 0. The predicted octanol–water partition coefficient (Wildman–Crippen LogP) is 2.44. The van der Waals surface area contributed by atoms with Crippen LogP contribution >= 0.6 is 0 Å². The number of hydrogen-bond donors (Lipinski definition) is 1. The second-order valence-electron chi connectivity index (χ2n) is 4.93. The van der Waals surface area contributed by atoms with Gasteiger partial charge < -0.3 is 4.90 Å². The molecule has 4 nitrogen and oxygen atoms in total. The van der Waals surface area contributed by atoms with Crippen molar-refractivity contribution in [3.05, 3.63) is 30.0 Å².